The van der Waals surface area contributed by atoms with Crippen molar-refractivity contribution in [2.24, 2.45) is 0 Å². The van der Waals surface area contributed by atoms with Gasteiger partial charge in [0, 0.05) is 11.8 Å². The van der Waals surface area contributed by atoms with Crippen LogP contribution >= 0.6 is 11.6 Å². The van der Waals surface area contributed by atoms with Crippen molar-refractivity contribution in [2.75, 3.05) is 12.3 Å². The molecule has 0 aliphatic heterocycles. The molecule has 0 aromatic carbocycles. The largest absolute Gasteiger partial charge is 0.392 e. The summed E-state index contributed by atoms with van der Waals surface area (Å²) in [4.78, 5) is 3.84. The van der Waals surface area contributed by atoms with Gasteiger partial charge in [-0.1, -0.05) is 23.8 Å². The summed E-state index contributed by atoms with van der Waals surface area (Å²) in [5.74, 6) is 0.407. The van der Waals surface area contributed by atoms with Crippen LogP contribution in [0, 0.1) is 0 Å². The Morgan fingerprint density at radius 3 is 3.08 bits per heavy atom. The minimum absolute atomic E-state index is 0.0219. The molecule has 0 radical (unpaired) electrons. The third-order valence-corrected chi connectivity index (χ3v) is 1.53. The van der Waals surface area contributed by atoms with Crippen LogP contribution in [0.3, 0.4) is 0 Å². The maximum Gasteiger partial charge on any atom is 0.130 e. The Kier molecular flexibility index (Phi) is 3.08. The Hall–Kier alpha value is -1.06. The molecule has 0 fully saturated rings. The molecular weight excluding hydrogens is 176 g/mol. The van der Waals surface area contributed by atoms with Gasteiger partial charge in [0.05, 0.1) is 11.6 Å². The summed E-state index contributed by atoms with van der Waals surface area (Å²) in [6.45, 7) is -0.0219. The van der Waals surface area contributed by atoms with E-state index in [0.29, 0.717) is 10.8 Å². The second kappa shape index (κ2) is 4.09. The van der Waals surface area contributed by atoms with Crippen molar-refractivity contribution < 1.29 is 5.11 Å². The van der Waals surface area contributed by atoms with E-state index in [4.69, 9.17) is 22.4 Å². The molecule has 0 saturated heterocycles. The molecule has 1 aromatic heterocycles. The number of anilines is 1. The zero-order valence-corrected chi connectivity index (χ0v) is 7.12. The minimum atomic E-state index is -0.0219. The first-order valence-corrected chi connectivity index (χ1v) is 3.80. The molecule has 0 spiro atoms. The molecule has 0 atom stereocenters. The smallest absolute Gasteiger partial charge is 0.130 e. The molecule has 3 nitrogen and oxygen atoms in total. The Morgan fingerprint density at radius 2 is 2.42 bits per heavy atom. The van der Waals surface area contributed by atoms with E-state index in [2.05, 4.69) is 4.98 Å². The maximum absolute atomic E-state index is 8.51. The molecule has 1 aromatic rings. The van der Waals surface area contributed by atoms with Crippen molar-refractivity contribution in [1.29, 1.82) is 0 Å². The number of hydrogen-bond donors (Lipinski definition) is 2. The van der Waals surface area contributed by atoms with Crippen molar-refractivity contribution in [1.82, 2.24) is 4.98 Å². The predicted octanol–water partition coefficient (Wildman–Crippen LogP) is 1.32. The Bertz CT molecular complexity index is 299. The van der Waals surface area contributed by atoms with Gasteiger partial charge in [-0.2, -0.15) is 0 Å². The number of nitrogen functional groups attached to an aromatic ring is 1. The first-order valence-electron chi connectivity index (χ1n) is 3.42. The molecule has 64 valence electrons. The van der Waals surface area contributed by atoms with Gasteiger partial charge in [-0.25, -0.2) is 4.98 Å². The lowest BCUT2D eigenvalue weighted by Crippen LogP contribution is -1.92. The molecule has 0 aliphatic rings. The van der Waals surface area contributed by atoms with Crippen molar-refractivity contribution >= 4 is 23.5 Å². The van der Waals surface area contributed by atoms with Crippen LogP contribution in [-0.4, -0.2) is 16.7 Å². The van der Waals surface area contributed by atoms with Gasteiger partial charge in [0.2, 0.25) is 0 Å². The predicted molar refractivity (Wildman–Crippen MR) is 49.8 cm³/mol. The average molecular weight is 185 g/mol. The highest BCUT2D eigenvalue weighted by molar-refractivity contribution is 6.30. The van der Waals surface area contributed by atoms with Gasteiger partial charge in [-0.05, 0) is 6.07 Å². The number of aromatic nitrogens is 1. The summed E-state index contributed by atoms with van der Waals surface area (Å²) < 4.78 is 0. The molecule has 0 saturated carbocycles. The quantitative estimate of drug-likeness (QED) is 0.729. The van der Waals surface area contributed by atoms with Crippen molar-refractivity contribution in [3.05, 3.63) is 28.9 Å². The molecule has 0 bridgehead atoms. The topological polar surface area (TPSA) is 59.1 Å². The van der Waals surface area contributed by atoms with Crippen LogP contribution in [0.25, 0.3) is 6.08 Å². The molecular formula is C8H9ClN2O. The fourth-order valence-electron chi connectivity index (χ4n) is 0.779. The second-order valence-electron chi connectivity index (χ2n) is 2.21. The van der Waals surface area contributed by atoms with E-state index < -0.39 is 0 Å². The fourth-order valence-corrected chi connectivity index (χ4v) is 0.945. The Labute approximate surface area is 75.5 Å². The van der Waals surface area contributed by atoms with E-state index in [0.717, 1.165) is 5.56 Å². The lowest BCUT2D eigenvalue weighted by atomic mass is 10.2. The van der Waals surface area contributed by atoms with E-state index in [1.165, 1.54) is 6.20 Å². The van der Waals surface area contributed by atoms with Crippen LogP contribution in [0.15, 0.2) is 18.3 Å². The summed E-state index contributed by atoms with van der Waals surface area (Å²) in [5.41, 5.74) is 6.25. The summed E-state index contributed by atoms with van der Waals surface area (Å²) in [6, 6.07) is 1.69. The maximum atomic E-state index is 8.51. The summed E-state index contributed by atoms with van der Waals surface area (Å²) in [5, 5.41) is 9.04. The normalized spacial score (nSPS) is 10.8. The molecule has 1 heterocycles. The zero-order valence-electron chi connectivity index (χ0n) is 6.37. The van der Waals surface area contributed by atoms with E-state index in [9.17, 15) is 0 Å². The number of rotatable bonds is 2. The molecule has 12 heavy (non-hydrogen) atoms. The van der Waals surface area contributed by atoms with Gasteiger partial charge in [0.25, 0.3) is 0 Å². The SMILES string of the molecule is Nc1ncc(Cl)cc1C=CCO. The monoisotopic (exact) mass is 184 g/mol. The number of nitrogens with two attached hydrogens (primary N) is 1. The third-order valence-electron chi connectivity index (χ3n) is 1.32. The van der Waals surface area contributed by atoms with Crippen molar-refractivity contribution in [2.45, 2.75) is 0 Å². The molecule has 3 N–H and O–H groups in total. The van der Waals surface area contributed by atoms with E-state index in [1.54, 1.807) is 18.2 Å². The lowest BCUT2D eigenvalue weighted by molar-refractivity contribution is 0.343. The van der Waals surface area contributed by atoms with Crippen LogP contribution in [0.4, 0.5) is 5.82 Å². The molecule has 0 amide bonds. The van der Waals surface area contributed by atoms with Crippen LogP contribution in [0.1, 0.15) is 5.56 Å². The molecule has 1 rings (SSSR count). The number of nitrogens with zero attached hydrogens (tertiary/aromatic N) is 1. The summed E-state index contributed by atoms with van der Waals surface area (Å²) in [7, 11) is 0. The minimum Gasteiger partial charge on any atom is -0.392 e. The number of pyridine rings is 1. The number of aliphatic hydroxyl groups excluding tert-OH is 1. The molecule has 0 unspecified atom stereocenters. The third kappa shape index (κ3) is 2.22. The Balaban J connectivity index is 2.97. The summed E-state index contributed by atoms with van der Waals surface area (Å²) >= 11 is 5.68. The van der Waals surface area contributed by atoms with Gasteiger partial charge < -0.3 is 10.8 Å². The fraction of sp³-hybridized carbons (Fsp3) is 0.125. The number of hydrogen-bond acceptors (Lipinski definition) is 3. The number of aliphatic hydroxyl groups is 1. The van der Waals surface area contributed by atoms with Gasteiger partial charge in [0.1, 0.15) is 5.82 Å². The Morgan fingerprint density at radius 1 is 1.67 bits per heavy atom. The zero-order chi connectivity index (χ0) is 8.97. The summed E-state index contributed by atoms with van der Waals surface area (Å²) in [6.07, 6.45) is 4.73. The first kappa shape index (κ1) is 9.03. The van der Waals surface area contributed by atoms with E-state index >= 15 is 0 Å². The average Bonchev–Trinajstić information content (AvgIpc) is 2.07. The van der Waals surface area contributed by atoms with Crippen LogP contribution < -0.4 is 5.73 Å². The highest BCUT2D eigenvalue weighted by atomic mass is 35.5. The van der Waals surface area contributed by atoms with Gasteiger partial charge in [-0.3, -0.25) is 0 Å². The van der Waals surface area contributed by atoms with E-state index in [1.807, 2.05) is 0 Å². The van der Waals surface area contributed by atoms with Crippen molar-refractivity contribution in [3.63, 3.8) is 0 Å². The van der Waals surface area contributed by atoms with Gasteiger partial charge in [-0.15, -0.1) is 0 Å². The number of halogens is 1. The highest BCUT2D eigenvalue weighted by Crippen LogP contribution is 2.15. The van der Waals surface area contributed by atoms with E-state index in [-0.39, 0.29) is 6.61 Å². The van der Waals surface area contributed by atoms with Crippen LogP contribution in [-0.2, 0) is 0 Å². The second-order valence-corrected chi connectivity index (χ2v) is 2.65. The van der Waals surface area contributed by atoms with Gasteiger partial charge >= 0.3 is 0 Å². The first-order chi connectivity index (χ1) is 5.74. The lowest BCUT2D eigenvalue weighted by Gasteiger charge is -1.98. The van der Waals surface area contributed by atoms with Crippen LogP contribution in [0.5, 0.6) is 0 Å². The highest BCUT2D eigenvalue weighted by Gasteiger charge is 1.96. The standard InChI is InChI=1S/C8H9ClN2O/c9-7-4-6(2-1-3-12)8(10)11-5-7/h1-2,4-5,12H,3H2,(H2,10,11). The molecule has 4 heteroatoms. The van der Waals surface area contributed by atoms with Gasteiger partial charge in [0.15, 0.2) is 0 Å². The van der Waals surface area contributed by atoms with Crippen LogP contribution in [0.2, 0.25) is 5.02 Å². The van der Waals surface area contributed by atoms with Crippen molar-refractivity contribution in [3.8, 4) is 0 Å². The molecule has 0 aliphatic carbocycles.